The van der Waals surface area contributed by atoms with Crippen molar-refractivity contribution < 1.29 is 9.47 Å². The molecule has 0 spiro atoms. The standard InChI is InChI=1S/C13H25NO2/c1-14-12(11-5-3-8-16-10-11)9-13(15-2)6-4-7-13/h11-12,14H,3-10H2,1-2H3. The van der Waals surface area contributed by atoms with E-state index in [1.54, 1.807) is 0 Å². The van der Waals surface area contributed by atoms with Crippen LogP contribution in [0.25, 0.3) is 0 Å². The third-order valence-corrected chi connectivity index (χ3v) is 4.43. The van der Waals surface area contributed by atoms with Gasteiger partial charge < -0.3 is 14.8 Å². The van der Waals surface area contributed by atoms with Gasteiger partial charge in [0.05, 0.1) is 12.2 Å². The summed E-state index contributed by atoms with van der Waals surface area (Å²) >= 11 is 0. The van der Waals surface area contributed by atoms with Crippen molar-refractivity contribution in [1.82, 2.24) is 5.32 Å². The van der Waals surface area contributed by atoms with Crippen molar-refractivity contribution in [1.29, 1.82) is 0 Å². The van der Waals surface area contributed by atoms with Crippen molar-refractivity contribution in [2.45, 2.75) is 50.2 Å². The third kappa shape index (κ3) is 2.58. The predicted molar refractivity (Wildman–Crippen MR) is 64.6 cm³/mol. The molecule has 1 saturated carbocycles. The molecule has 1 N–H and O–H groups in total. The quantitative estimate of drug-likeness (QED) is 0.779. The molecule has 16 heavy (non-hydrogen) atoms. The Bertz CT molecular complexity index is 204. The number of hydrogen-bond donors (Lipinski definition) is 1. The first-order valence-corrected chi connectivity index (χ1v) is 6.60. The van der Waals surface area contributed by atoms with Gasteiger partial charge in [0.25, 0.3) is 0 Å². The Morgan fingerprint density at radius 2 is 2.25 bits per heavy atom. The molecule has 2 unspecified atom stereocenters. The van der Waals surface area contributed by atoms with Crippen molar-refractivity contribution in [3.05, 3.63) is 0 Å². The SMILES string of the molecule is CNC(CC1(OC)CCC1)C1CCCOC1. The monoisotopic (exact) mass is 227 g/mol. The van der Waals surface area contributed by atoms with Crippen molar-refractivity contribution in [2.24, 2.45) is 5.92 Å². The van der Waals surface area contributed by atoms with Crippen LogP contribution in [-0.4, -0.2) is 39.0 Å². The van der Waals surface area contributed by atoms with Crippen LogP contribution in [0.3, 0.4) is 0 Å². The van der Waals surface area contributed by atoms with Gasteiger partial charge in [-0.15, -0.1) is 0 Å². The van der Waals surface area contributed by atoms with Crippen LogP contribution in [0.4, 0.5) is 0 Å². The highest BCUT2D eigenvalue weighted by Gasteiger charge is 2.40. The predicted octanol–water partition coefficient (Wildman–Crippen LogP) is 1.96. The largest absolute Gasteiger partial charge is 0.381 e. The van der Waals surface area contributed by atoms with Gasteiger partial charge in [-0.1, -0.05) is 0 Å². The van der Waals surface area contributed by atoms with Crippen LogP contribution in [0.1, 0.15) is 38.5 Å². The minimum atomic E-state index is 0.172. The summed E-state index contributed by atoms with van der Waals surface area (Å²) < 4.78 is 11.3. The lowest BCUT2D eigenvalue weighted by molar-refractivity contribution is -0.0911. The Morgan fingerprint density at radius 3 is 2.69 bits per heavy atom. The fraction of sp³-hybridized carbons (Fsp3) is 1.00. The van der Waals surface area contributed by atoms with E-state index >= 15 is 0 Å². The molecule has 1 heterocycles. The number of rotatable bonds is 5. The highest BCUT2D eigenvalue weighted by molar-refractivity contribution is 4.94. The molecule has 0 amide bonds. The first-order valence-electron chi connectivity index (χ1n) is 6.60. The maximum Gasteiger partial charge on any atom is 0.0693 e. The first kappa shape index (κ1) is 12.3. The molecule has 2 rings (SSSR count). The van der Waals surface area contributed by atoms with Gasteiger partial charge in [0.2, 0.25) is 0 Å². The molecule has 0 radical (unpaired) electrons. The summed E-state index contributed by atoms with van der Waals surface area (Å²) in [6.45, 7) is 1.87. The van der Waals surface area contributed by atoms with Gasteiger partial charge >= 0.3 is 0 Å². The number of hydrogen-bond acceptors (Lipinski definition) is 3. The summed E-state index contributed by atoms with van der Waals surface area (Å²) in [5, 5.41) is 3.47. The number of methoxy groups -OCH3 is 1. The molecule has 0 aromatic carbocycles. The zero-order valence-corrected chi connectivity index (χ0v) is 10.6. The van der Waals surface area contributed by atoms with Crippen LogP contribution >= 0.6 is 0 Å². The second-order valence-corrected chi connectivity index (χ2v) is 5.32. The lowest BCUT2D eigenvalue weighted by atomic mass is 9.73. The van der Waals surface area contributed by atoms with E-state index in [0.29, 0.717) is 12.0 Å². The van der Waals surface area contributed by atoms with Crippen molar-refractivity contribution >= 4 is 0 Å². The van der Waals surface area contributed by atoms with E-state index in [0.717, 1.165) is 19.6 Å². The Hall–Kier alpha value is -0.120. The maximum atomic E-state index is 5.72. The van der Waals surface area contributed by atoms with E-state index < -0.39 is 0 Å². The summed E-state index contributed by atoms with van der Waals surface area (Å²) in [5.41, 5.74) is 0.172. The summed E-state index contributed by atoms with van der Waals surface area (Å²) in [6.07, 6.45) is 7.44. The van der Waals surface area contributed by atoms with E-state index in [2.05, 4.69) is 12.4 Å². The molecule has 1 aliphatic heterocycles. The second-order valence-electron chi connectivity index (χ2n) is 5.32. The van der Waals surface area contributed by atoms with Crippen molar-refractivity contribution in [2.75, 3.05) is 27.4 Å². The third-order valence-electron chi connectivity index (χ3n) is 4.43. The minimum absolute atomic E-state index is 0.172. The minimum Gasteiger partial charge on any atom is -0.381 e. The molecule has 2 aliphatic rings. The molecule has 3 heteroatoms. The van der Waals surface area contributed by atoms with Crippen LogP contribution in [0.5, 0.6) is 0 Å². The fourth-order valence-electron chi connectivity index (χ4n) is 3.05. The highest BCUT2D eigenvalue weighted by Crippen LogP contribution is 2.40. The molecule has 2 atom stereocenters. The normalized spacial score (nSPS) is 30.8. The average Bonchev–Trinajstić information content (AvgIpc) is 2.30. The molecular weight excluding hydrogens is 202 g/mol. The molecule has 1 saturated heterocycles. The summed E-state index contributed by atoms with van der Waals surface area (Å²) in [7, 11) is 3.94. The van der Waals surface area contributed by atoms with E-state index in [1.807, 2.05) is 7.11 Å². The summed E-state index contributed by atoms with van der Waals surface area (Å²) in [6, 6.07) is 0.556. The summed E-state index contributed by atoms with van der Waals surface area (Å²) in [4.78, 5) is 0. The Balaban J connectivity index is 1.88. The first-order chi connectivity index (χ1) is 7.79. The molecule has 0 bridgehead atoms. The molecule has 0 aromatic rings. The molecule has 1 aliphatic carbocycles. The lowest BCUT2D eigenvalue weighted by Gasteiger charge is -2.44. The van der Waals surface area contributed by atoms with Crippen LogP contribution in [-0.2, 0) is 9.47 Å². The fourth-order valence-corrected chi connectivity index (χ4v) is 3.05. The molecule has 0 aromatic heterocycles. The van der Waals surface area contributed by atoms with E-state index in [4.69, 9.17) is 9.47 Å². The maximum absolute atomic E-state index is 5.72. The topological polar surface area (TPSA) is 30.5 Å². The average molecular weight is 227 g/mol. The smallest absolute Gasteiger partial charge is 0.0693 e. The Morgan fingerprint density at radius 1 is 1.44 bits per heavy atom. The van der Waals surface area contributed by atoms with Crippen LogP contribution < -0.4 is 5.32 Å². The molecule has 3 nitrogen and oxygen atoms in total. The van der Waals surface area contributed by atoms with Gasteiger partial charge in [-0.2, -0.15) is 0 Å². The second kappa shape index (κ2) is 5.48. The van der Waals surface area contributed by atoms with E-state index in [-0.39, 0.29) is 5.60 Å². The molecular formula is C13H25NO2. The van der Waals surface area contributed by atoms with Gasteiger partial charge in [-0.25, -0.2) is 0 Å². The Kier molecular flexibility index (Phi) is 4.22. The van der Waals surface area contributed by atoms with Gasteiger partial charge in [-0.05, 0) is 51.5 Å². The molecule has 2 fully saturated rings. The van der Waals surface area contributed by atoms with Gasteiger partial charge in [0.1, 0.15) is 0 Å². The van der Waals surface area contributed by atoms with Crippen molar-refractivity contribution in [3.63, 3.8) is 0 Å². The van der Waals surface area contributed by atoms with Gasteiger partial charge in [-0.3, -0.25) is 0 Å². The van der Waals surface area contributed by atoms with Crippen LogP contribution in [0.15, 0.2) is 0 Å². The highest BCUT2D eigenvalue weighted by atomic mass is 16.5. The Labute approximate surface area is 98.9 Å². The number of nitrogens with one attached hydrogen (secondary N) is 1. The van der Waals surface area contributed by atoms with E-state index in [1.165, 1.54) is 32.1 Å². The van der Waals surface area contributed by atoms with Crippen LogP contribution in [0, 0.1) is 5.92 Å². The van der Waals surface area contributed by atoms with E-state index in [9.17, 15) is 0 Å². The van der Waals surface area contributed by atoms with Gasteiger partial charge in [0.15, 0.2) is 0 Å². The summed E-state index contributed by atoms with van der Waals surface area (Å²) in [5.74, 6) is 0.673. The number of ether oxygens (including phenoxy) is 2. The van der Waals surface area contributed by atoms with Gasteiger partial charge in [0, 0.05) is 19.8 Å². The zero-order valence-electron chi connectivity index (χ0n) is 10.6. The lowest BCUT2D eigenvalue weighted by Crippen LogP contribution is -2.49. The van der Waals surface area contributed by atoms with Crippen LogP contribution in [0.2, 0.25) is 0 Å². The van der Waals surface area contributed by atoms with Crippen molar-refractivity contribution in [3.8, 4) is 0 Å². The molecule has 94 valence electrons. The zero-order chi connectivity index (χ0) is 11.4.